The first-order valence-corrected chi connectivity index (χ1v) is 6.57. The van der Waals surface area contributed by atoms with Crippen LogP contribution < -0.4 is 10.6 Å². The Balaban J connectivity index is 2.57. The third kappa shape index (κ3) is 4.73. The molecule has 1 rings (SSSR count). The molecule has 0 saturated heterocycles. The van der Waals surface area contributed by atoms with Crippen LogP contribution >= 0.6 is 0 Å². The van der Waals surface area contributed by atoms with Gasteiger partial charge in [-0.15, -0.1) is 0 Å². The first-order chi connectivity index (χ1) is 8.91. The molecule has 1 aromatic rings. The van der Waals surface area contributed by atoms with Gasteiger partial charge in [0.25, 0.3) is 0 Å². The zero-order valence-corrected chi connectivity index (χ0v) is 12.0. The van der Waals surface area contributed by atoms with Crippen LogP contribution in [0.15, 0.2) is 18.2 Å². The summed E-state index contributed by atoms with van der Waals surface area (Å²) in [6, 6.07) is 5.72. The highest BCUT2D eigenvalue weighted by Gasteiger charge is 2.15. The van der Waals surface area contributed by atoms with Gasteiger partial charge in [-0.05, 0) is 37.3 Å². The minimum absolute atomic E-state index is 0.502. The number of hydrogen-bond acceptors (Lipinski definition) is 2. The summed E-state index contributed by atoms with van der Waals surface area (Å²) in [6.07, 6.45) is 0.864. The Bertz CT molecular complexity index is 447. The maximum absolute atomic E-state index is 11.8. The Morgan fingerprint density at radius 3 is 2.21 bits per heavy atom. The summed E-state index contributed by atoms with van der Waals surface area (Å²) in [6.45, 7) is 8.47. The third-order valence-corrected chi connectivity index (χ3v) is 2.93. The molecule has 0 atom stereocenters. The van der Waals surface area contributed by atoms with Gasteiger partial charge in [0.05, 0.1) is 0 Å². The fraction of sp³-hybridized carbons (Fsp3) is 0.467. The zero-order valence-electron chi connectivity index (χ0n) is 12.0. The second-order valence-corrected chi connectivity index (χ2v) is 5.16. The van der Waals surface area contributed by atoms with Gasteiger partial charge in [0.2, 0.25) is 0 Å². The van der Waals surface area contributed by atoms with E-state index in [1.807, 2.05) is 32.0 Å². The summed E-state index contributed by atoms with van der Waals surface area (Å²) in [7, 11) is 0. The van der Waals surface area contributed by atoms with Crippen LogP contribution in [0.1, 0.15) is 31.4 Å². The van der Waals surface area contributed by atoms with Crippen LogP contribution in [0.2, 0.25) is 0 Å². The first kappa shape index (κ1) is 15.2. The average molecular weight is 262 g/mol. The molecule has 4 nitrogen and oxygen atoms in total. The molecule has 0 unspecified atom stereocenters. The van der Waals surface area contributed by atoms with Crippen LogP contribution in [0.5, 0.6) is 0 Å². The van der Waals surface area contributed by atoms with Crippen LogP contribution in [0.25, 0.3) is 0 Å². The van der Waals surface area contributed by atoms with Crippen molar-refractivity contribution in [1.29, 1.82) is 0 Å². The van der Waals surface area contributed by atoms with Crippen molar-refractivity contribution in [2.75, 3.05) is 11.9 Å². The molecule has 4 heteroatoms. The van der Waals surface area contributed by atoms with Gasteiger partial charge in [-0.25, -0.2) is 0 Å². The van der Waals surface area contributed by atoms with E-state index in [4.69, 9.17) is 0 Å². The zero-order chi connectivity index (χ0) is 14.4. The molecule has 0 fully saturated rings. The number of rotatable bonds is 4. The number of anilines is 1. The van der Waals surface area contributed by atoms with Gasteiger partial charge < -0.3 is 10.6 Å². The number of benzene rings is 1. The molecule has 0 aliphatic heterocycles. The molecule has 0 spiro atoms. The highest BCUT2D eigenvalue weighted by Crippen LogP contribution is 2.19. The average Bonchev–Trinajstić information content (AvgIpc) is 2.33. The first-order valence-electron chi connectivity index (χ1n) is 6.57. The van der Waals surface area contributed by atoms with E-state index < -0.39 is 11.8 Å². The second kappa shape index (κ2) is 6.92. The normalized spacial score (nSPS) is 10.4. The molecule has 0 aliphatic carbocycles. The Hall–Kier alpha value is -1.84. The van der Waals surface area contributed by atoms with Gasteiger partial charge in [0, 0.05) is 12.2 Å². The summed E-state index contributed by atoms with van der Waals surface area (Å²) in [5.41, 5.74) is 2.61. The Morgan fingerprint density at radius 2 is 1.68 bits per heavy atom. The van der Waals surface area contributed by atoms with Crippen LogP contribution in [-0.4, -0.2) is 18.4 Å². The summed E-state index contributed by atoms with van der Waals surface area (Å²) in [5.74, 6) is -0.688. The molecule has 0 radical (unpaired) electrons. The number of carbonyl (C=O) groups excluding carboxylic acids is 2. The van der Waals surface area contributed by atoms with Crippen LogP contribution in [0.3, 0.4) is 0 Å². The summed E-state index contributed by atoms with van der Waals surface area (Å²) in [5, 5.41) is 5.29. The molecular formula is C15H22N2O2. The summed E-state index contributed by atoms with van der Waals surface area (Å²) < 4.78 is 0. The largest absolute Gasteiger partial charge is 0.348 e. The predicted molar refractivity (Wildman–Crippen MR) is 77.0 cm³/mol. The van der Waals surface area contributed by atoms with Crippen molar-refractivity contribution >= 4 is 17.5 Å². The maximum atomic E-state index is 11.8. The van der Waals surface area contributed by atoms with Gasteiger partial charge in [0.15, 0.2) is 0 Å². The van der Waals surface area contributed by atoms with E-state index >= 15 is 0 Å². The van der Waals surface area contributed by atoms with Crippen molar-refractivity contribution in [2.45, 2.75) is 34.1 Å². The van der Waals surface area contributed by atoms with Gasteiger partial charge >= 0.3 is 11.8 Å². The number of amides is 2. The fourth-order valence-electron chi connectivity index (χ4n) is 1.74. The maximum Gasteiger partial charge on any atom is 0.313 e. The molecule has 0 aromatic heterocycles. The molecule has 0 bridgehead atoms. The lowest BCUT2D eigenvalue weighted by atomic mass is 10.1. The van der Waals surface area contributed by atoms with Crippen molar-refractivity contribution in [1.82, 2.24) is 5.32 Å². The third-order valence-electron chi connectivity index (χ3n) is 2.93. The number of aryl methyl sites for hydroxylation is 2. The lowest BCUT2D eigenvalue weighted by molar-refractivity contribution is -0.136. The molecule has 2 N–H and O–H groups in total. The van der Waals surface area contributed by atoms with Crippen molar-refractivity contribution in [2.24, 2.45) is 5.92 Å². The second-order valence-electron chi connectivity index (χ2n) is 5.16. The van der Waals surface area contributed by atoms with Crippen LogP contribution in [0, 0.1) is 19.8 Å². The number of para-hydroxylation sites is 1. The number of carbonyl (C=O) groups is 2. The lowest BCUT2D eigenvalue weighted by Crippen LogP contribution is -2.36. The Labute approximate surface area is 114 Å². The highest BCUT2D eigenvalue weighted by atomic mass is 16.2. The predicted octanol–water partition coefficient (Wildman–Crippen LogP) is 2.40. The quantitative estimate of drug-likeness (QED) is 0.819. The molecule has 104 valence electrons. The van der Waals surface area contributed by atoms with Gasteiger partial charge in [-0.2, -0.15) is 0 Å². The van der Waals surface area contributed by atoms with Crippen molar-refractivity contribution in [3.63, 3.8) is 0 Å². The van der Waals surface area contributed by atoms with Gasteiger partial charge in [-0.1, -0.05) is 32.0 Å². The fourth-order valence-corrected chi connectivity index (χ4v) is 1.74. The molecule has 0 aliphatic rings. The van der Waals surface area contributed by atoms with E-state index in [1.54, 1.807) is 0 Å². The number of hydrogen-bond donors (Lipinski definition) is 2. The standard InChI is InChI=1S/C15H22N2O2/c1-10(2)8-9-16-14(18)15(19)17-13-11(3)6-5-7-12(13)4/h5-7,10H,8-9H2,1-4H3,(H,16,18)(H,17,19). The van der Waals surface area contributed by atoms with Crippen LogP contribution in [-0.2, 0) is 9.59 Å². The minimum Gasteiger partial charge on any atom is -0.348 e. The smallest absolute Gasteiger partial charge is 0.313 e. The van der Waals surface area contributed by atoms with Crippen molar-refractivity contribution in [3.8, 4) is 0 Å². The SMILES string of the molecule is Cc1cccc(C)c1NC(=O)C(=O)NCCC(C)C. The highest BCUT2D eigenvalue weighted by molar-refractivity contribution is 6.39. The van der Waals surface area contributed by atoms with Gasteiger partial charge in [-0.3, -0.25) is 9.59 Å². The monoisotopic (exact) mass is 262 g/mol. The topological polar surface area (TPSA) is 58.2 Å². The molecule has 0 saturated carbocycles. The molecule has 2 amide bonds. The minimum atomic E-state index is -0.610. The lowest BCUT2D eigenvalue weighted by Gasteiger charge is -2.11. The van der Waals surface area contributed by atoms with E-state index in [-0.39, 0.29) is 0 Å². The molecule has 19 heavy (non-hydrogen) atoms. The Kier molecular flexibility index (Phi) is 5.55. The van der Waals surface area contributed by atoms with Crippen LogP contribution in [0.4, 0.5) is 5.69 Å². The Morgan fingerprint density at radius 1 is 1.11 bits per heavy atom. The van der Waals surface area contributed by atoms with E-state index in [1.165, 1.54) is 0 Å². The van der Waals surface area contributed by atoms with Gasteiger partial charge in [0.1, 0.15) is 0 Å². The summed E-state index contributed by atoms with van der Waals surface area (Å²) in [4.78, 5) is 23.4. The van der Waals surface area contributed by atoms with E-state index in [2.05, 4.69) is 24.5 Å². The number of nitrogens with one attached hydrogen (secondary N) is 2. The van der Waals surface area contributed by atoms with Crippen molar-refractivity contribution < 1.29 is 9.59 Å². The molecule has 0 heterocycles. The van der Waals surface area contributed by atoms with E-state index in [0.29, 0.717) is 18.2 Å². The molecular weight excluding hydrogens is 240 g/mol. The van der Waals surface area contributed by atoms with Crippen molar-refractivity contribution in [3.05, 3.63) is 29.3 Å². The molecule has 1 aromatic carbocycles. The van der Waals surface area contributed by atoms with E-state index in [0.717, 1.165) is 17.5 Å². The van der Waals surface area contributed by atoms with E-state index in [9.17, 15) is 9.59 Å². The summed E-state index contributed by atoms with van der Waals surface area (Å²) >= 11 is 0.